The maximum absolute atomic E-state index is 13.6. The van der Waals surface area contributed by atoms with Crippen LogP contribution in [0.5, 0.6) is 0 Å². The number of hydrogen-bond donors (Lipinski definition) is 2. The van der Waals surface area contributed by atoms with Gasteiger partial charge in [0.05, 0.1) is 10.6 Å². The molecule has 0 aliphatic carbocycles. The lowest BCUT2D eigenvalue weighted by molar-refractivity contribution is 0.102. The van der Waals surface area contributed by atoms with Crippen molar-refractivity contribution in [1.82, 2.24) is 4.72 Å². The second-order valence-electron chi connectivity index (χ2n) is 6.56. The number of halogens is 3. The standard InChI is InChI=1S/C17H17F3N2O3S/c1-17(2,3)22-26(24,25)11-6-4-10(5-7-11)16(23)21-13-9-8-12(18)14(19)15(13)20/h4-9,22H,1-3H3,(H,21,23). The third-order valence-electron chi connectivity index (χ3n) is 3.15. The van der Waals surface area contributed by atoms with Crippen molar-refractivity contribution in [3.63, 3.8) is 0 Å². The molecule has 0 aromatic heterocycles. The predicted octanol–water partition coefficient (Wildman–Crippen LogP) is 3.43. The van der Waals surface area contributed by atoms with Gasteiger partial charge in [0.25, 0.3) is 5.91 Å². The number of carbonyl (C=O) groups excluding carboxylic acids is 1. The largest absolute Gasteiger partial charge is 0.319 e. The fraction of sp³-hybridized carbons (Fsp3) is 0.235. The number of nitrogens with one attached hydrogen (secondary N) is 2. The van der Waals surface area contributed by atoms with Crippen molar-refractivity contribution in [1.29, 1.82) is 0 Å². The molecular weight excluding hydrogens is 369 g/mol. The van der Waals surface area contributed by atoms with Crippen molar-refractivity contribution in [2.45, 2.75) is 31.2 Å². The van der Waals surface area contributed by atoms with Gasteiger partial charge in [0, 0.05) is 11.1 Å². The third kappa shape index (κ3) is 4.61. The summed E-state index contributed by atoms with van der Waals surface area (Å²) in [5, 5.41) is 2.11. The van der Waals surface area contributed by atoms with Crippen LogP contribution in [-0.4, -0.2) is 19.9 Å². The molecule has 2 N–H and O–H groups in total. The Bertz CT molecular complexity index is 937. The van der Waals surface area contributed by atoms with Crippen LogP contribution in [0.1, 0.15) is 31.1 Å². The van der Waals surface area contributed by atoms with E-state index in [2.05, 4.69) is 10.0 Å². The molecule has 2 rings (SSSR count). The number of sulfonamides is 1. The van der Waals surface area contributed by atoms with Crippen molar-refractivity contribution in [3.8, 4) is 0 Å². The lowest BCUT2D eigenvalue weighted by Crippen LogP contribution is -2.40. The second-order valence-corrected chi connectivity index (χ2v) is 8.24. The summed E-state index contributed by atoms with van der Waals surface area (Å²) in [4.78, 5) is 12.0. The summed E-state index contributed by atoms with van der Waals surface area (Å²) < 4.78 is 66.5. The smallest absolute Gasteiger partial charge is 0.255 e. The zero-order valence-corrected chi connectivity index (χ0v) is 15.0. The number of carbonyl (C=O) groups is 1. The number of rotatable bonds is 4. The Hall–Kier alpha value is -2.39. The van der Waals surface area contributed by atoms with E-state index in [0.29, 0.717) is 6.07 Å². The molecule has 0 unspecified atom stereocenters. The summed E-state index contributed by atoms with van der Waals surface area (Å²) in [5.74, 6) is -5.39. The molecule has 0 atom stereocenters. The molecule has 0 aliphatic rings. The van der Waals surface area contributed by atoms with E-state index in [1.54, 1.807) is 20.8 Å². The molecule has 0 bridgehead atoms. The lowest BCUT2D eigenvalue weighted by Gasteiger charge is -2.20. The van der Waals surface area contributed by atoms with Crippen molar-refractivity contribution in [3.05, 3.63) is 59.4 Å². The average molecular weight is 386 g/mol. The van der Waals surface area contributed by atoms with E-state index in [0.717, 1.165) is 6.07 Å². The minimum Gasteiger partial charge on any atom is -0.319 e. The van der Waals surface area contributed by atoms with E-state index in [1.807, 2.05) is 0 Å². The van der Waals surface area contributed by atoms with Gasteiger partial charge in [-0.1, -0.05) is 0 Å². The van der Waals surface area contributed by atoms with Crippen LogP contribution in [0, 0.1) is 17.5 Å². The number of hydrogen-bond acceptors (Lipinski definition) is 3. The number of amides is 1. The molecule has 0 fully saturated rings. The highest BCUT2D eigenvalue weighted by Gasteiger charge is 2.22. The first-order valence-corrected chi connectivity index (χ1v) is 8.98. The quantitative estimate of drug-likeness (QED) is 0.791. The summed E-state index contributed by atoms with van der Waals surface area (Å²) in [6.07, 6.45) is 0. The summed E-state index contributed by atoms with van der Waals surface area (Å²) in [6.45, 7) is 5.05. The molecule has 0 saturated heterocycles. The van der Waals surface area contributed by atoms with Crippen molar-refractivity contribution in [2.75, 3.05) is 5.32 Å². The van der Waals surface area contributed by atoms with Crippen LogP contribution in [0.2, 0.25) is 0 Å². The Morgan fingerprint density at radius 1 is 0.923 bits per heavy atom. The average Bonchev–Trinajstić information content (AvgIpc) is 2.53. The van der Waals surface area contributed by atoms with Crippen LogP contribution in [0.3, 0.4) is 0 Å². The van der Waals surface area contributed by atoms with E-state index < -0.39 is 44.6 Å². The third-order valence-corrected chi connectivity index (χ3v) is 4.92. The molecule has 0 spiro atoms. The summed E-state index contributed by atoms with van der Waals surface area (Å²) in [7, 11) is -3.77. The Kier molecular flexibility index (Phi) is 5.43. The van der Waals surface area contributed by atoms with Gasteiger partial charge < -0.3 is 5.32 Å². The molecule has 26 heavy (non-hydrogen) atoms. The molecular formula is C17H17F3N2O3S. The Morgan fingerprint density at radius 2 is 1.50 bits per heavy atom. The van der Waals surface area contributed by atoms with Gasteiger partial charge in [-0.15, -0.1) is 0 Å². The van der Waals surface area contributed by atoms with Gasteiger partial charge in [0.15, 0.2) is 17.5 Å². The summed E-state index contributed by atoms with van der Waals surface area (Å²) >= 11 is 0. The zero-order valence-electron chi connectivity index (χ0n) is 14.2. The van der Waals surface area contributed by atoms with Crippen LogP contribution < -0.4 is 10.0 Å². The van der Waals surface area contributed by atoms with Crippen LogP contribution >= 0.6 is 0 Å². The van der Waals surface area contributed by atoms with Gasteiger partial charge in [-0.05, 0) is 57.2 Å². The van der Waals surface area contributed by atoms with Gasteiger partial charge in [0.1, 0.15) is 0 Å². The molecule has 140 valence electrons. The normalized spacial score (nSPS) is 12.1. The van der Waals surface area contributed by atoms with E-state index in [-0.39, 0.29) is 10.5 Å². The molecule has 2 aromatic carbocycles. The van der Waals surface area contributed by atoms with Crippen molar-refractivity contribution in [2.24, 2.45) is 0 Å². The van der Waals surface area contributed by atoms with Gasteiger partial charge in [-0.25, -0.2) is 26.3 Å². The first kappa shape index (κ1) is 19.9. The Labute approximate surface area is 149 Å². The SMILES string of the molecule is CC(C)(C)NS(=O)(=O)c1ccc(C(=O)Nc2ccc(F)c(F)c2F)cc1. The minimum atomic E-state index is -3.77. The predicted molar refractivity (Wildman–Crippen MR) is 90.8 cm³/mol. The molecule has 2 aromatic rings. The highest BCUT2D eigenvalue weighted by Crippen LogP contribution is 2.21. The first-order chi connectivity index (χ1) is 11.9. The van der Waals surface area contributed by atoms with Gasteiger partial charge in [0.2, 0.25) is 10.0 Å². The second kappa shape index (κ2) is 7.08. The van der Waals surface area contributed by atoms with E-state index in [1.165, 1.54) is 24.3 Å². The van der Waals surface area contributed by atoms with E-state index in [4.69, 9.17) is 0 Å². The molecule has 0 aliphatic heterocycles. The van der Waals surface area contributed by atoms with Gasteiger partial charge in [-0.2, -0.15) is 0 Å². The van der Waals surface area contributed by atoms with Gasteiger partial charge >= 0.3 is 0 Å². The molecule has 5 nitrogen and oxygen atoms in total. The Balaban J connectivity index is 2.21. The molecule has 0 saturated carbocycles. The fourth-order valence-corrected chi connectivity index (χ4v) is 3.48. The lowest BCUT2D eigenvalue weighted by atomic mass is 10.1. The maximum Gasteiger partial charge on any atom is 0.255 e. The Morgan fingerprint density at radius 3 is 2.04 bits per heavy atom. The van der Waals surface area contributed by atoms with Crippen molar-refractivity contribution < 1.29 is 26.4 Å². The highest BCUT2D eigenvalue weighted by molar-refractivity contribution is 7.89. The van der Waals surface area contributed by atoms with Crippen LogP contribution in [0.4, 0.5) is 18.9 Å². The monoisotopic (exact) mass is 386 g/mol. The fourth-order valence-electron chi connectivity index (χ4n) is 2.06. The molecule has 0 radical (unpaired) electrons. The highest BCUT2D eigenvalue weighted by atomic mass is 32.2. The van der Waals surface area contributed by atoms with E-state index in [9.17, 15) is 26.4 Å². The molecule has 0 heterocycles. The van der Waals surface area contributed by atoms with Crippen LogP contribution in [-0.2, 0) is 10.0 Å². The zero-order chi connectivity index (χ0) is 19.7. The van der Waals surface area contributed by atoms with Crippen LogP contribution in [0.25, 0.3) is 0 Å². The summed E-state index contributed by atoms with van der Waals surface area (Å²) in [6, 6.07) is 6.45. The topological polar surface area (TPSA) is 75.3 Å². The number of benzene rings is 2. The number of anilines is 1. The minimum absolute atomic E-state index is 0.0174. The molecule has 9 heteroatoms. The van der Waals surface area contributed by atoms with Crippen molar-refractivity contribution >= 4 is 21.6 Å². The molecule has 1 amide bonds. The van der Waals surface area contributed by atoms with E-state index >= 15 is 0 Å². The summed E-state index contributed by atoms with van der Waals surface area (Å²) in [5.41, 5.74) is -1.19. The van der Waals surface area contributed by atoms with Gasteiger partial charge in [-0.3, -0.25) is 4.79 Å². The first-order valence-electron chi connectivity index (χ1n) is 7.49. The van der Waals surface area contributed by atoms with Crippen LogP contribution in [0.15, 0.2) is 41.3 Å². The maximum atomic E-state index is 13.6.